The zero-order valence-electron chi connectivity index (χ0n) is 10.8. The Hall–Kier alpha value is -2.76. The van der Waals surface area contributed by atoms with E-state index in [0.29, 0.717) is 5.56 Å². The molecule has 1 amide bonds. The van der Waals surface area contributed by atoms with Crippen LogP contribution in [0.1, 0.15) is 28.9 Å². The summed E-state index contributed by atoms with van der Waals surface area (Å²) in [6.07, 6.45) is 3.34. The average molecular weight is 271 g/mol. The van der Waals surface area contributed by atoms with E-state index in [1.165, 1.54) is 24.3 Å². The van der Waals surface area contributed by atoms with E-state index in [2.05, 4.69) is 10.3 Å². The normalized spacial score (nSPS) is 11.7. The molecule has 0 saturated carbocycles. The Morgan fingerprint density at radius 1 is 1.30 bits per heavy atom. The Labute approximate surface area is 115 Å². The molecule has 6 nitrogen and oxygen atoms in total. The molecule has 0 unspecified atom stereocenters. The lowest BCUT2D eigenvalue weighted by atomic mass is 10.1. The fourth-order valence-electron chi connectivity index (χ4n) is 1.73. The summed E-state index contributed by atoms with van der Waals surface area (Å²) >= 11 is 0. The predicted molar refractivity (Wildman–Crippen MR) is 73.2 cm³/mol. The summed E-state index contributed by atoms with van der Waals surface area (Å²) in [6, 6.07) is 8.96. The second kappa shape index (κ2) is 5.92. The molecule has 102 valence electrons. The van der Waals surface area contributed by atoms with Gasteiger partial charge in [-0.25, -0.2) is 0 Å². The number of carbonyl (C=O) groups excluding carboxylic acids is 1. The smallest absolute Gasteiger partial charge is 0.269 e. The van der Waals surface area contributed by atoms with E-state index in [9.17, 15) is 14.9 Å². The standard InChI is InChI=1S/C14H13N3O3/c1-10(12-3-2-8-15-9-12)16-14(18)11-4-6-13(7-5-11)17(19)20/h2-10H,1H3,(H,16,18)/t10-/m1/s1. The Morgan fingerprint density at radius 2 is 2.00 bits per heavy atom. The number of pyridine rings is 1. The second-order valence-electron chi connectivity index (χ2n) is 4.29. The molecule has 1 aromatic heterocycles. The van der Waals surface area contributed by atoms with Crippen molar-refractivity contribution in [2.24, 2.45) is 0 Å². The van der Waals surface area contributed by atoms with Gasteiger partial charge < -0.3 is 5.32 Å². The molecule has 1 N–H and O–H groups in total. The first-order chi connectivity index (χ1) is 9.58. The Bertz CT molecular complexity index is 611. The van der Waals surface area contributed by atoms with Crippen LogP contribution in [0.3, 0.4) is 0 Å². The number of hydrogen-bond acceptors (Lipinski definition) is 4. The highest BCUT2D eigenvalue weighted by atomic mass is 16.6. The number of nitro groups is 1. The molecule has 2 aromatic rings. The molecule has 0 aliphatic carbocycles. The van der Waals surface area contributed by atoms with Gasteiger partial charge in [-0.1, -0.05) is 6.07 Å². The van der Waals surface area contributed by atoms with Gasteiger partial charge in [0.25, 0.3) is 11.6 Å². The third-order valence-electron chi connectivity index (χ3n) is 2.87. The minimum Gasteiger partial charge on any atom is -0.345 e. The van der Waals surface area contributed by atoms with Crippen molar-refractivity contribution >= 4 is 11.6 Å². The predicted octanol–water partition coefficient (Wildman–Crippen LogP) is 2.48. The van der Waals surface area contributed by atoms with Crippen LogP contribution in [0.4, 0.5) is 5.69 Å². The molecule has 0 aliphatic rings. The maximum atomic E-state index is 12.0. The van der Waals surface area contributed by atoms with Gasteiger partial charge in [-0.3, -0.25) is 19.9 Å². The van der Waals surface area contributed by atoms with E-state index in [1.807, 2.05) is 13.0 Å². The van der Waals surface area contributed by atoms with Crippen molar-refractivity contribution in [3.63, 3.8) is 0 Å². The van der Waals surface area contributed by atoms with Crippen molar-refractivity contribution in [2.75, 3.05) is 0 Å². The largest absolute Gasteiger partial charge is 0.345 e. The maximum Gasteiger partial charge on any atom is 0.269 e. The number of amides is 1. The third-order valence-corrected chi connectivity index (χ3v) is 2.87. The van der Waals surface area contributed by atoms with Crippen molar-refractivity contribution in [3.05, 3.63) is 70.0 Å². The number of non-ortho nitro benzene ring substituents is 1. The van der Waals surface area contributed by atoms with Crippen LogP contribution in [0.15, 0.2) is 48.8 Å². The molecule has 0 bridgehead atoms. The van der Waals surface area contributed by atoms with Gasteiger partial charge in [0.15, 0.2) is 0 Å². The van der Waals surface area contributed by atoms with Crippen molar-refractivity contribution < 1.29 is 9.72 Å². The van der Waals surface area contributed by atoms with Crippen LogP contribution in [0, 0.1) is 10.1 Å². The number of carbonyl (C=O) groups is 1. The molecular weight excluding hydrogens is 258 g/mol. The molecule has 0 saturated heterocycles. The van der Waals surface area contributed by atoms with Gasteiger partial charge >= 0.3 is 0 Å². The zero-order chi connectivity index (χ0) is 14.5. The van der Waals surface area contributed by atoms with E-state index in [4.69, 9.17) is 0 Å². The molecule has 1 aromatic carbocycles. The molecule has 0 spiro atoms. The molecule has 20 heavy (non-hydrogen) atoms. The molecule has 0 aliphatic heterocycles. The van der Waals surface area contributed by atoms with Gasteiger partial charge in [-0.2, -0.15) is 0 Å². The summed E-state index contributed by atoms with van der Waals surface area (Å²) in [5.41, 5.74) is 1.23. The zero-order valence-corrected chi connectivity index (χ0v) is 10.8. The summed E-state index contributed by atoms with van der Waals surface area (Å²) in [7, 11) is 0. The van der Waals surface area contributed by atoms with Gasteiger partial charge in [0.2, 0.25) is 0 Å². The quantitative estimate of drug-likeness (QED) is 0.683. The van der Waals surface area contributed by atoms with Crippen LogP contribution < -0.4 is 5.32 Å². The monoisotopic (exact) mass is 271 g/mol. The third kappa shape index (κ3) is 3.17. The van der Waals surface area contributed by atoms with E-state index in [0.717, 1.165) is 5.56 Å². The second-order valence-corrected chi connectivity index (χ2v) is 4.29. The molecule has 2 rings (SSSR count). The van der Waals surface area contributed by atoms with Crippen molar-refractivity contribution in [3.8, 4) is 0 Å². The fourth-order valence-corrected chi connectivity index (χ4v) is 1.73. The van der Waals surface area contributed by atoms with Crippen LogP contribution in [-0.2, 0) is 0 Å². The summed E-state index contributed by atoms with van der Waals surface area (Å²) in [4.78, 5) is 26.0. The van der Waals surface area contributed by atoms with Crippen LogP contribution >= 0.6 is 0 Å². The highest BCUT2D eigenvalue weighted by molar-refractivity contribution is 5.94. The topological polar surface area (TPSA) is 85.1 Å². The van der Waals surface area contributed by atoms with Gasteiger partial charge in [0.05, 0.1) is 11.0 Å². The van der Waals surface area contributed by atoms with Gasteiger partial charge in [0, 0.05) is 30.1 Å². The van der Waals surface area contributed by atoms with E-state index in [1.54, 1.807) is 18.5 Å². The van der Waals surface area contributed by atoms with Crippen molar-refractivity contribution in [2.45, 2.75) is 13.0 Å². The number of aromatic nitrogens is 1. The van der Waals surface area contributed by atoms with E-state index < -0.39 is 4.92 Å². The molecule has 0 fully saturated rings. The van der Waals surface area contributed by atoms with Crippen molar-refractivity contribution in [1.29, 1.82) is 0 Å². The van der Waals surface area contributed by atoms with Crippen molar-refractivity contribution in [1.82, 2.24) is 10.3 Å². The SMILES string of the molecule is C[C@@H](NC(=O)c1ccc([N+](=O)[O-])cc1)c1cccnc1. The number of benzene rings is 1. The first-order valence-electron chi connectivity index (χ1n) is 6.03. The first kappa shape index (κ1) is 13.7. The molecular formula is C14H13N3O3. The minimum absolute atomic E-state index is 0.0399. The number of nitro benzene ring substituents is 1. The summed E-state index contributed by atoms with van der Waals surface area (Å²) in [5, 5.41) is 13.4. The van der Waals surface area contributed by atoms with E-state index >= 15 is 0 Å². The summed E-state index contributed by atoms with van der Waals surface area (Å²) < 4.78 is 0. The lowest BCUT2D eigenvalue weighted by Crippen LogP contribution is -2.26. The average Bonchev–Trinajstić information content (AvgIpc) is 2.48. The number of hydrogen-bond donors (Lipinski definition) is 1. The lowest BCUT2D eigenvalue weighted by molar-refractivity contribution is -0.384. The minimum atomic E-state index is -0.500. The van der Waals surface area contributed by atoms with Crippen LogP contribution in [0.2, 0.25) is 0 Å². The van der Waals surface area contributed by atoms with Gasteiger partial charge in [0.1, 0.15) is 0 Å². The fraction of sp³-hybridized carbons (Fsp3) is 0.143. The highest BCUT2D eigenvalue weighted by Gasteiger charge is 2.13. The number of nitrogens with zero attached hydrogens (tertiary/aromatic N) is 2. The summed E-state index contributed by atoms with van der Waals surface area (Å²) in [6.45, 7) is 1.85. The number of nitrogens with one attached hydrogen (secondary N) is 1. The Kier molecular flexibility index (Phi) is 4.05. The van der Waals surface area contributed by atoms with Crippen LogP contribution in [0.5, 0.6) is 0 Å². The van der Waals surface area contributed by atoms with Crippen LogP contribution in [-0.4, -0.2) is 15.8 Å². The van der Waals surface area contributed by atoms with E-state index in [-0.39, 0.29) is 17.6 Å². The van der Waals surface area contributed by atoms with Gasteiger partial charge in [-0.15, -0.1) is 0 Å². The Balaban J connectivity index is 2.06. The summed E-state index contributed by atoms with van der Waals surface area (Å²) in [5.74, 6) is -0.281. The molecule has 0 radical (unpaired) electrons. The highest BCUT2D eigenvalue weighted by Crippen LogP contribution is 2.14. The lowest BCUT2D eigenvalue weighted by Gasteiger charge is -2.13. The first-order valence-corrected chi connectivity index (χ1v) is 6.03. The van der Waals surface area contributed by atoms with Gasteiger partial charge in [-0.05, 0) is 30.7 Å². The number of rotatable bonds is 4. The van der Waals surface area contributed by atoms with Crippen LogP contribution in [0.25, 0.3) is 0 Å². The molecule has 1 heterocycles. The Morgan fingerprint density at radius 3 is 2.55 bits per heavy atom. The molecule has 6 heteroatoms. The maximum absolute atomic E-state index is 12.0. The molecule has 1 atom stereocenters.